The van der Waals surface area contributed by atoms with Gasteiger partial charge in [-0.1, -0.05) is 97.1 Å². The molecule has 0 atom stereocenters. The summed E-state index contributed by atoms with van der Waals surface area (Å²) in [6, 6.07) is 46.3. The van der Waals surface area contributed by atoms with Crippen LogP contribution in [0.4, 0.5) is 4.39 Å². The van der Waals surface area contributed by atoms with Crippen LogP contribution < -0.4 is 0 Å². The second kappa shape index (κ2) is 16.3. The molecule has 3 aromatic heterocycles. The Morgan fingerprint density at radius 2 is 1.37 bits per heavy atom. The minimum Gasteiger partial charge on any atom is -0.378 e. The molecule has 1 aliphatic heterocycles. The Labute approximate surface area is 351 Å². The molecule has 300 valence electrons. The van der Waals surface area contributed by atoms with Gasteiger partial charge in [0, 0.05) is 42.8 Å². The normalized spacial score (nSPS) is 13.6. The number of likely N-dealkylation sites (N-methyl/N-ethyl adjacent to an activating group) is 1. The first-order chi connectivity index (χ1) is 29.2. The molecule has 9 rings (SSSR count). The number of benzene rings is 5. The Morgan fingerprint density at radius 3 is 1.98 bits per heavy atom. The zero-order chi connectivity index (χ0) is 41.3. The number of ether oxygens (including phenoxy) is 1. The predicted octanol–water partition coefficient (Wildman–Crippen LogP) is 8.35. The molecule has 5 aromatic carbocycles. The molecular formula is C47H39FN6O4S2. The Hall–Kier alpha value is -6.38. The molecule has 0 unspecified atom stereocenters. The van der Waals surface area contributed by atoms with Gasteiger partial charge in [0.1, 0.15) is 27.6 Å². The number of nitrogens with zero attached hydrogens (tertiary/aromatic N) is 6. The molecule has 4 heterocycles. The van der Waals surface area contributed by atoms with Gasteiger partial charge in [0.25, 0.3) is 10.0 Å². The molecule has 1 fully saturated rings. The number of halogens is 1. The summed E-state index contributed by atoms with van der Waals surface area (Å²) < 4.78 is 50.5. The van der Waals surface area contributed by atoms with Crippen LogP contribution in [-0.4, -0.2) is 83.2 Å². The second-order valence-electron chi connectivity index (χ2n) is 14.5. The topological polar surface area (TPSA) is 111 Å². The summed E-state index contributed by atoms with van der Waals surface area (Å²) >= 11 is 1.09. The number of amides is 1. The lowest BCUT2D eigenvalue weighted by atomic mass is 9.77. The highest BCUT2D eigenvalue weighted by molar-refractivity contribution is 7.91. The van der Waals surface area contributed by atoms with Gasteiger partial charge in [0.15, 0.2) is 0 Å². The van der Waals surface area contributed by atoms with Gasteiger partial charge in [0.2, 0.25) is 5.91 Å². The van der Waals surface area contributed by atoms with Crippen molar-refractivity contribution in [3.8, 4) is 33.0 Å². The van der Waals surface area contributed by atoms with Gasteiger partial charge >= 0.3 is 0 Å². The van der Waals surface area contributed by atoms with Crippen molar-refractivity contribution in [3.05, 3.63) is 181 Å². The predicted molar refractivity (Wildman–Crippen MR) is 231 cm³/mol. The highest BCUT2D eigenvalue weighted by Gasteiger charge is 2.40. The molecule has 0 aliphatic carbocycles. The van der Waals surface area contributed by atoms with Crippen LogP contribution >= 0.6 is 11.3 Å². The molecule has 60 heavy (non-hydrogen) atoms. The molecule has 1 saturated heterocycles. The van der Waals surface area contributed by atoms with E-state index in [0.717, 1.165) is 49.0 Å². The van der Waals surface area contributed by atoms with E-state index in [2.05, 4.69) is 46.4 Å². The first-order valence-corrected chi connectivity index (χ1v) is 21.7. The smallest absolute Gasteiger partial charge is 0.252 e. The molecular weight excluding hydrogens is 796 g/mol. The number of carbonyl (C=O) groups is 1. The van der Waals surface area contributed by atoms with Crippen molar-refractivity contribution in [1.82, 2.24) is 29.0 Å². The van der Waals surface area contributed by atoms with Crippen LogP contribution in [0.5, 0.6) is 0 Å². The number of fused-ring (bicyclic) bond motifs is 1. The SMILES string of the molecule is CN(CC(=O)N1CCOCC1)S(=O)(=O)c1ccc(-c2ncnc3ccc(-c4cn(C(c5ccccc5)(c5ccccc5)c5ccccc5)nc4-c4ccc(F)cc4)cc23)s1. The van der Waals surface area contributed by atoms with Crippen LogP contribution in [0.1, 0.15) is 16.7 Å². The Balaban J connectivity index is 1.18. The minimum atomic E-state index is -3.99. The summed E-state index contributed by atoms with van der Waals surface area (Å²) in [5.41, 5.74) is 6.25. The molecule has 1 aliphatic rings. The summed E-state index contributed by atoms with van der Waals surface area (Å²) in [5, 5.41) is 6.11. The number of sulfonamides is 1. The maximum Gasteiger partial charge on any atom is 0.252 e. The number of hydrogen-bond acceptors (Lipinski definition) is 8. The molecule has 0 bridgehead atoms. The summed E-state index contributed by atoms with van der Waals surface area (Å²) in [7, 11) is -2.57. The average molecular weight is 835 g/mol. The standard InChI is InChI=1S/C47H39FN6O4S2/c1-52(31-43(55)53-25-27-58-28-26-53)60(56,57)44-24-23-42(59-44)46-39-29-34(19-22-41(39)49-32-50-46)40-30-54(51-45(40)33-17-20-38(48)21-18-33)47(35-11-5-2-6-12-35,36-13-7-3-8-14-36)37-15-9-4-10-16-37/h2-24,29-30,32H,25-28,31H2,1H3. The monoisotopic (exact) mass is 834 g/mol. The fourth-order valence-corrected chi connectivity index (χ4v) is 10.5. The minimum absolute atomic E-state index is 0.0941. The number of carbonyl (C=O) groups excluding carboxylic acids is 1. The van der Waals surface area contributed by atoms with Crippen molar-refractivity contribution in [2.75, 3.05) is 39.9 Å². The van der Waals surface area contributed by atoms with Gasteiger partial charge < -0.3 is 9.64 Å². The lowest BCUT2D eigenvalue weighted by Gasteiger charge is -2.36. The summed E-state index contributed by atoms with van der Waals surface area (Å²) in [6.45, 7) is 1.44. The van der Waals surface area contributed by atoms with Crippen molar-refractivity contribution in [2.45, 2.75) is 9.75 Å². The third kappa shape index (κ3) is 7.19. The van der Waals surface area contributed by atoms with Crippen LogP contribution in [0.25, 0.3) is 43.9 Å². The van der Waals surface area contributed by atoms with Crippen LogP contribution in [0, 0.1) is 5.82 Å². The fraction of sp³-hybridized carbons (Fsp3) is 0.149. The molecule has 10 nitrogen and oxygen atoms in total. The molecule has 0 radical (unpaired) electrons. The summed E-state index contributed by atoms with van der Waals surface area (Å²) in [5.74, 6) is -0.626. The van der Waals surface area contributed by atoms with Crippen molar-refractivity contribution < 1.29 is 22.3 Å². The molecule has 1 amide bonds. The Morgan fingerprint density at radius 1 is 0.767 bits per heavy atom. The third-order valence-corrected chi connectivity index (χ3v) is 14.3. The number of aromatic nitrogens is 4. The van der Waals surface area contributed by atoms with E-state index in [9.17, 15) is 17.6 Å². The van der Waals surface area contributed by atoms with Gasteiger partial charge in [-0.3, -0.25) is 9.48 Å². The maximum atomic E-state index is 14.4. The van der Waals surface area contributed by atoms with Gasteiger partial charge in [-0.2, -0.15) is 9.40 Å². The van der Waals surface area contributed by atoms with E-state index in [0.29, 0.717) is 53.5 Å². The largest absolute Gasteiger partial charge is 0.378 e. The number of rotatable bonds is 11. The zero-order valence-electron chi connectivity index (χ0n) is 32.6. The van der Waals surface area contributed by atoms with Crippen LogP contribution in [0.2, 0.25) is 0 Å². The number of hydrogen-bond donors (Lipinski definition) is 0. The lowest BCUT2D eigenvalue weighted by Crippen LogP contribution is -2.46. The van der Waals surface area contributed by atoms with E-state index < -0.39 is 15.6 Å². The van der Waals surface area contributed by atoms with E-state index in [-0.39, 0.29) is 22.5 Å². The summed E-state index contributed by atoms with van der Waals surface area (Å²) in [6.07, 6.45) is 3.51. The van der Waals surface area contributed by atoms with Crippen molar-refractivity contribution in [1.29, 1.82) is 0 Å². The summed E-state index contributed by atoms with van der Waals surface area (Å²) in [4.78, 5) is 24.4. The van der Waals surface area contributed by atoms with Gasteiger partial charge in [-0.25, -0.2) is 22.8 Å². The molecule has 13 heteroatoms. The van der Waals surface area contributed by atoms with E-state index in [1.165, 1.54) is 25.5 Å². The average Bonchev–Trinajstić information content (AvgIpc) is 3.98. The highest BCUT2D eigenvalue weighted by atomic mass is 32.2. The second-order valence-corrected chi connectivity index (χ2v) is 17.8. The first-order valence-electron chi connectivity index (χ1n) is 19.4. The zero-order valence-corrected chi connectivity index (χ0v) is 34.2. The van der Waals surface area contributed by atoms with E-state index in [4.69, 9.17) is 9.84 Å². The van der Waals surface area contributed by atoms with Crippen LogP contribution in [0.15, 0.2) is 162 Å². The molecule has 0 saturated carbocycles. The van der Waals surface area contributed by atoms with E-state index in [1.54, 1.807) is 29.2 Å². The Bertz CT molecular complexity index is 2800. The lowest BCUT2D eigenvalue weighted by molar-refractivity contribution is -0.135. The van der Waals surface area contributed by atoms with Gasteiger partial charge in [-0.15, -0.1) is 11.3 Å². The molecule has 0 N–H and O–H groups in total. The van der Waals surface area contributed by atoms with Crippen molar-refractivity contribution >= 4 is 38.2 Å². The van der Waals surface area contributed by atoms with Gasteiger partial charge in [-0.05, 0) is 70.8 Å². The van der Waals surface area contributed by atoms with Crippen LogP contribution in [-0.2, 0) is 25.1 Å². The van der Waals surface area contributed by atoms with E-state index in [1.807, 2.05) is 83.7 Å². The number of morpholine rings is 1. The first kappa shape index (κ1) is 39.1. The van der Waals surface area contributed by atoms with Crippen molar-refractivity contribution in [2.24, 2.45) is 0 Å². The van der Waals surface area contributed by atoms with Crippen LogP contribution in [0.3, 0.4) is 0 Å². The molecule has 8 aromatic rings. The quantitative estimate of drug-likeness (QED) is 0.121. The number of thiophene rings is 1. The third-order valence-electron chi connectivity index (χ3n) is 10.9. The van der Waals surface area contributed by atoms with Gasteiger partial charge in [0.05, 0.1) is 35.8 Å². The fourth-order valence-electron chi connectivity index (χ4n) is 7.86. The van der Waals surface area contributed by atoms with Crippen molar-refractivity contribution in [3.63, 3.8) is 0 Å². The highest BCUT2D eigenvalue weighted by Crippen LogP contribution is 2.44. The molecule has 0 spiro atoms. The maximum absolute atomic E-state index is 14.4. The van der Waals surface area contributed by atoms with E-state index >= 15 is 0 Å². The Kier molecular flexibility index (Phi) is 10.7.